The highest BCUT2D eigenvalue weighted by atomic mass is 19.1. The highest BCUT2D eigenvalue weighted by Gasteiger charge is 2.03. The van der Waals surface area contributed by atoms with Crippen molar-refractivity contribution in [3.8, 4) is 0 Å². The zero-order chi connectivity index (χ0) is 15.2. The average Bonchev–Trinajstić information content (AvgIpc) is 2.44. The number of rotatable bonds is 6. The van der Waals surface area contributed by atoms with E-state index in [0.717, 1.165) is 23.7 Å². The molecule has 0 spiro atoms. The van der Waals surface area contributed by atoms with E-state index in [0.29, 0.717) is 18.3 Å². The van der Waals surface area contributed by atoms with E-state index in [1.54, 1.807) is 12.1 Å². The first kappa shape index (κ1) is 15.2. The first-order valence-electron chi connectivity index (χ1n) is 7.11. The Morgan fingerprint density at radius 1 is 1.05 bits per heavy atom. The Kier molecular flexibility index (Phi) is 5.09. The second-order valence-corrected chi connectivity index (χ2v) is 5.44. The normalized spacial score (nSPS) is 10.7. The maximum atomic E-state index is 12.9. The number of anilines is 2. The van der Waals surface area contributed by atoms with E-state index in [2.05, 4.69) is 34.4 Å². The molecule has 0 saturated carbocycles. The molecule has 2 rings (SSSR count). The van der Waals surface area contributed by atoms with Gasteiger partial charge in [-0.3, -0.25) is 0 Å². The molecule has 0 atom stereocenters. The van der Waals surface area contributed by atoms with Crippen LogP contribution in [0, 0.1) is 18.7 Å². The van der Waals surface area contributed by atoms with Crippen molar-refractivity contribution >= 4 is 11.6 Å². The van der Waals surface area contributed by atoms with Gasteiger partial charge in [0.1, 0.15) is 23.3 Å². The molecule has 1 heterocycles. The highest BCUT2D eigenvalue weighted by Crippen LogP contribution is 2.13. The van der Waals surface area contributed by atoms with Crippen LogP contribution in [0.25, 0.3) is 0 Å². The summed E-state index contributed by atoms with van der Waals surface area (Å²) in [5.74, 6) is 2.62. The Hall–Kier alpha value is -2.17. The van der Waals surface area contributed by atoms with Crippen LogP contribution in [-0.4, -0.2) is 16.5 Å². The summed E-state index contributed by atoms with van der Waals surface area (Å²) >= 11 is 0. The van der Waals surface area contributed by atoms with Crippen LogP contribution >= 0.6 is 0 Å². The smallest absolute Gasteiger partial charge is 0.132 e. The van der Waals surface area contributed by atoms with E-state index in [-0.39, 0.29) is 5.82 Å². The SMILES string of the molecule is Cc1nc(NCc2ccc(F)cc2)cc(NCC(C)C)n1. The fraction of sp³-hybridized carbons (Fsp3) is 0.375. The van der Waals surface area contributed by atoms with Crippen LogP contribution in [0.2, 0.25) is 0 Å². The van der Waals surface area contributed by atoms with Gasteiger partial charge < -0.3 is 10.6 Å². The standard InChI is InChI=1S/C16H21FN4/c1-11(2)9-18-15-8-16(21-12(3)20-15)19-10-13-4-6-14(17)7-5-13/h4-8,11H,9-10H2,1-3H3,(H2,18,19,20,21). The fourth-order valence-electron chi connectivity index (χ4n) is 1.85. The molecule has 0 aliphatic rings. The van der Waals surface area contributed by atoms with Crippen molar-refractivity contribution in [1.82, 2.24) is 9.97 Å². The Labute approximate surface area is 124 Å². The number of aromatic nitrogens is 2. The molecule has 0 bridgehead atoms. The molecule has 1 aromatic carbocycles. The third-order valence-electron chi connectivity index (χ3n) is 2.92. The molecule has 1 aromatic heterocycles. The number of nitrogens with zero attached hydrogens (tertiary/aromatic N) is 2. The second-order valence-electron chi connectivity index (χ2n) is 5.44. The van der Waals surface area contributed by atoms with Crippen molar-refractivity contribution in [3.63, 3.8) is 0 Å². The summed E-state index contributed by atoms with van der Waals surface area (Å²) in [4.78, 5) is 8.72. The predicted molar refractivity (Wildman–Crippen MR) is 83.8 cm³/mol. The lowest BCUT2D eigenvalue weighted by atomic mass is 10.2. The molecule has 112 valence electrons. The summed E-state index contributed by atoms with van der Waals surface area (Å²) in [5.41, 5.74) is 1.00. The first-order valence-corrected chi connectivity index (χ1v) is 7.11. The minimum absolute atomic E-state index is 0.225. The zero-order valence-corrected chi connectivity index (χ0v) is 12.7. The molecule has 0 aliphatic heterocycles. The van der Waals surface area contributed by atoms with Gasteiger partial charge in [0.2, 0.25) is 0 Å². The van der Waals surface area contributed by atoms with Crippen molar-refractivity contribution < 1.29 is 4.39 Å². The second kappa shape index (κ2) is 7.02. The minimum atomic E-state index is -0.225. The van der Waals surface area contributed by atoms with Gasteiger partial charge in [0.05, 0.1) is 0 Å². The van der Waals surface area contributed by atoms with Gasteiger partial charge in [-0.1, -0.05) is 26.0 Å². The topological polar surface area (TPSA) is 49.8 Å². The van der Waals surface area contributed by atoms with Crippen LogP contribution in [0.1, 0.15) is 25.2 Å². The van der Waals surface area contributed by atoms with Gasteiger partial charge in [-0.25, -0.2) is 14.4 Å². The van der Waals surface area contributed by atoms with Crippen LogP contribution in [0.15, 0.2) is 30.3 Å². The molecule has 5 heteroatoms. The number of aryl methyl sites for hydroxylation is 1. The van der Waals surface area contributed by atoms with Gasteiger partial charge in [0.15, 0.2) is 0 Å². The van der Waals surface area contributed by atoms with E-state index in [9.17, 15) is 4.39 Å². The van der Waals surface area contributed by atoms with Crippen LogP contribution < -0.4 is 10.6 Å². The maximum Gasteiger partial charge on any atom is 0.132 e. The average molecular weight is 288 g/mol. The number of hydrogen-bond acceptors (Lipinski definition) is 4. The van der Waals surface area contributed by atoms with Crippen molar-refractivity contribution in [1.29, 1.82) is 0 Å². The number of halogens is 1. The highest BCUT2D eigenvalue weighted by molar-refractivity contribution is 5.47. The third-order valence-corrected chi connectivity index (χ3v) is 2.92. The van der Waals surface area contributed by atoms with Crippen molar-refractivity contribution in [2.24, 2.45) is 5.92 Å². The van der Waals surface area contributed by atoms with Crippen LogP contribution in [0.5, 0.6) is 0 Å². The first-order chi connectivity index (χ1) is 10.0. The van der Waals surface area contributed by atoms with Gasteiger partial charge in [0.25, 0.3) is 0 Å². The van der Waals surface area contributed by atoms with Crippen LogP contribution in [0.3, 0.4) is 0 Å². The lowest BCUT2D eigenvalue weighted by molar-refractivity contribution is 0.627. The summed E-state index contributed by atoms with van der Waals surface area (Å²) in [5, 5.41) is 6.53. The largest absolute Gasteiger partial charge is 0.370 e. The molecule has 4 nitrogen and oxygen atoms in total. The Balaban J connectivity index is 2.00. The molecule has 0 fully saturated rings. The summed E-state index contributed by atoms with van der Waals surface area (Å²) in [7, 11) is 0. The van der Waals surface area contributed by atoms with Gasteiger partial charge >= 0.3 is 0 Å². The van der Waals surface area contributed by atoms with E-state index in [1.165, 1.54) is 12.1 Å². The zero-order valence-electron chi connectivity index (χ0n) is 12.7. The summed E-state index contributed by atoms with van der Waals surface area (Å²) in [6.45, 7) is 7.63. The molecule has 0 unspecified atom stereocenters. The van der Waals surface area contributed by atoms with Gasteiger partial charge in [0, 0.05) is 19.2 Å². The molecule has 0 saturated heterocycles. The molecule has 0 aliphatic carbocycles. The van der Waals surface area contributed by atoms with E-state index in [1.807, 2.05) is 13.0 Å². The molecule has 2 N–H and O–H groups in total. The Morgan fingerprint density at radius 3 is 2.29 bits per heavy atom. The molecular weight excluding hydrogens is 267 g/mol. The summed E-state index contributed by atoms with van der Waals surface area (Å²) < 4.78 is 12.9. The molecule has 2 aromatic rings. The number of nitrogens with one attached hydrogen (secondary N) is 2. The molecular formula is C16H21FN4. The minimum Gasteiger partial charge on any atom is -0.370 e. The molecule has 0 radical (unpaired) electrons. The van der Waals surface area contributed by atoms with Gasteiger partial charge in [-0.15, -0.1) is 0 Å². The van der Waals surface area contributed by atoms with E-state index < -0.39 is 0 Å². The lowest BCUT2D eigenvalue weighted by Gasteiger charge is -2.11. The Morgan fingerprint density at radius 2 is 1.67 bits per heavy atom. The predicted octanol–water partition coefficient (Wildman–Crippen LogP) is 3.60. The fourth-order valence-corrected chi connectivity index (χ4v) is 1.85. The summed E-state index contributed by atoms with van der Waals surface area (Å²) in [6.07, 6.45) is 0. The quantitative estimate of drug-likeness (QED) is 0.852. The monoisotopic (exact) mass is 288 g/mol. The maximum absolute atomic E-state index is 12.9. The van der Waals surface area contributed by atoms with Crippen molar-refractivity contribution in [2.75, 3.05) is 17.2 Å². The third kappa shape index (κ3) is 5.02. The van der Waals surface area contributed by atoms with Gasteiger partial charge in [-0.2, -0.15) is 0 Å². The van der Waals surface area contributed by atoms with Crippen molar-refractivity contribution in [2.45, 2.75) is 27.3 Å². The molecule has 0 amide bonds. The van der Waals surface area contributed by atoms with Gasteiger partial charge in [-0.05, 0) is 30.5 Å². The Bertz CT molecular complexity index is 581. The lowest BCUT2D eigenvalue weighted by Crippen LogP contribution is -2.11. The van der Waals surface area contributed by atoms with Crippen LogP contribution in [-0.2, 0) is 6.54 Å². The van der Waals surface area contributed by atoms with E-state index >= 15 is 0 Å². The summed E-state index contributed by atoms with van der Waals surface area (Å²) in [6, 6.07) is 8.32. The molecule has 21 heavy (non-hydrogen) atoms. The number of benzene rings is 1. The van der Waals surface area contributed by atoms with Crippen molar-refractivity contribution in [3.05, 3.63) is 47.5 Å². The van der Waals surface area contributed by atoms with E-state index in [4.69, 9.17) is 0 Å². The number of hydrogen-bond donors (Lipinski definition) is 2. The van der Waals surface area contributed by atoms with Crippen LogP contribution in [0.4, 0.5) is 16.0 Å².